The second-order valence-electron chi connectivity index (χ2n) is 7.12. The van der Waals surface area contributed by atoms with Gasteiger partial charge in [-0.05, 0) is 49.9 Å². The van der Waals surface area contributed by atoms with Gasteiger partial charge in [0.2, 0.25) is 0 Å². The van der Waals surface area contributed by atoms with Crippen molar-refractivity contribution < 1.29 is 4.79 Å². The van der Waals surface area contributed by atoms with E-state index in [-0.39, 0.29) is 6.04 Å². The van der Waals surface area contributed by atoms with Crippen LogP contribution >= 0.6 is 0 Å². The Kier molecular flexibility index (Phi) is 2.98. The number of nitrogens with zero attached hydrogens (tertiary/aromatic N) is 3. The van der Waals surface area contributed by atoms with Gasteiger partial charge in [-0.3, -0.25) is 0 Å². The fraction of sp³-hybridized carbons (Fsp3) is 0.471. The number of rotatable bonds is 2. The van der Waals surface area contributed by atoms with Crippen molar-refractivity contribution in [3.63, 3.8) is 0 Å². The number of nitrogens with one attached hydrogen (secondary N) is 1. The van der Waals surface area contributed by atoms with Gasteiger partial charge < -0.3 is 16.0 Å². The first-order valence-electron chi connectivity index (χ1n) is 7.99. The number of nitrogens with two attached hydrogens (primary N) is 1. The third kappa shape index (κ3) is 2.29. The maximum absolute atomic E-state index is 10.9. The third-order valence-electron chi connectivity index (χ3n) is 5.29. The molecule has 4 rings (SSSR count). The number of hydrogen-bond donors (Lipinski definition) is 2. The van der Waals surface area contributed by atoms with Crippen molar-refractivity contribution in [2.75, 3.05) is 18.0 Å². The number of urea groups is 1. The van der Waals surface area contributed by atoms with Gasteiger partial charge in [-0.25, -0.2) is 14.8 Å². The summed E-state index contributed by atoms with van der Waals surface area (Å²) in [5.74, 6) is 1.02. The SMILES string of the molecule is Cc1cc2ncnc(N3CC4(CC(NC(N)=O)C4)C3)c2cc1C. The minimum absolute atomic E-state index is 0.238. The molecule has 2 fully saturated rings. The number of primary amides is 1. The molecule has 1 aromatic carbocycles. The number of amides is 2. The molecule has 3 N–H and O–H groups in total. The average molecular weight is 311 g/mol. The van der Waals surface area contributed by atoms with E-state index in [1.165, 1.54) is 11.1 Å². The van der Waals surface area contributed by atoms with Crippen LogP contribution in [0.1, 0.15) is 24.0 Å². The lowest BCUT2D eigenvalue weighted by molar-refractivity contribution is 0.0534. The van der Waals surface area contributed by atoms with Crippen LogP contribution in [0.15, 0.2) is 18.5 Å². The predicted molar refractivity (Wildman–Crippen MR) is 89.4 cm³/mol. The van der Waals surface area contributed by atoms with E-state index >= 15 is 0 Å². The summed E-state index contributed by atoms with van der Waals surface area (Å²) in [4.78, 5) is 22.1. The molecule has 2 aromatic rings. The normalized spacial score (nSPS) is 19.5. The van der Waals surface area contributed by atoms with Gasteiger partial charge in [-0.2, -0.15) is 0 Å². The highest BCUT2D eigenvalue weighted by Crippen LogP contribution is 2.50. The molecule has 1 saturated carbocycles. The van der Waals surface area contributed by atoms with Gasteiger partial charge in [0, 0.05) is 29.9 Å². The van der Waals surface area contributed by atoms with Crippen molar-refractivity contribution in [2.45, 2.75) is 32.7 Å². The van der Waals surface area contributed by atoms with E-state index < -0.39 is 6.03 Å². The maximum Gasteiger partial charge on any atom is 0.312 e. The standard InChI is InChI=1S/C17H21N5O/c1-10-3-13-14(4-11(10)2)19-9-20-15(13)22-7-17(8-22)5-12(6-17)21-16(18)23/h3-4,9,12H,5-8H2,1-2H3,(H3,18,21,23). The molecule has 6 heteroatoms. The quantitative estimate of drug-likeness (QED) is 0.887. The molecule has 1 saturated heterocycles. The molecule has 0 atom stereocenters. The molecule has 1 aliphatic heterocycles. The summed E-state index contributed by atoms with van der Waals surface area (Å²) in [7, 11) is 0. The minimum atomic E-state index is -0.423. The van der Waals surface area contributed by atoms with Crippen LogP contribution in [0, 0.1) is 19.3 Å². The maximum atomic E-state index is 10.9. The van der Waals surface area contributed by atoms with Gasteiger partial charge in [0.15, 0.2) is 0 Å². The summed E-state index contributed by atoms with van der Waals surface area (Å²) in [5, 5.41) is 3.92. The number of carbonyl (C=O) groups is 1. The van der Waals surface area contributed by atoms with Crippen molar-refractivity contribution in [2.24, 2.45) is 11.1 Å². The zero-order chi connectivity index (χ0) is 16.2. The number of aryl methyl sites for hydroxylation is 2. The number of fused-ring (bicyclic) bond motifs is 1. The Hall–Kier alpha value is -2.37. The first-order chi connectivity index (χ1) is 11.0. The first kappa shape index (κ1) is 14.2. The molecular weight excluding hydrogens is 290 g/mol. The summed E-state index contributed by atoms with van der Waals surface area (Å²) in [5.41, 5.74) is 9.02. The van der Waals surface area contributed by atoms with Crippen LogP contribution < -0.4 is 16.0 Å². The highest BCUT2D eigenvalue weighted by Gasteiger charge is 2.53. The summed E-state index contributed by atoms with van der Waals surface area (Å²) in [6.45, 7) is 6.20. The number of anilines is 1. The van der Waals surface area contributed by atoms with Crippen LogP contribution in [0.3, 0.4) is 0 Å². The van der Waals surface area contributed by atoms with E-state index in [0.717, 1.165) is 42.7 Å². The largest absolute Gasteiger partial charge is 0.355 e. The second kappa shape index (κ2) is 4.81. The second-order valence-corrected chi connectivity index (χ2v) is 7.12. The van der Waals surface area contributed by atoms with Gasteiger partial charge in [0.1, 0.15) is 12.1 Å². The van der Waals surface area contributed by atoms with Crippen LogP contribution in [-0.2, 0) is 0 Å². The number of carbonyl (C=O) groups excluding carboxylic acids is 1. The fourth-order valence-corrected chi connectivity index (χ4v) is 4.01. The molecule has 0 radical (unpaired) electrons. The Morgan fingerprint density at radius 3 is 2.65 bits per heavy atom. The van der Waals surface area contributed by atoms with Crippen molar-refractivity contribution in [1.29, 1.82) is 0 Å². The van der Waals surface area contributed by atoms with Crippen molar-refractivity contribution >= 4 is 22.8 Å². The third-order valence-corrected chi connectivity index (χ3v) is 5.29. The zero-order valence-corrected chi connectivity index (χ0v) is 13.5. The van der Waals surface area contributed by atoms with E-state index in [0.29, 0.717) is 5.41 Å². The van der Waals surface area contributed by atoms with Crippen molar-refractivity contribution in [3.8, 4) is 0 Å². The number of aromatic nitrogens is 2. The molecule has 6 nitrogen and oxygen atoms in total. The Bertz CT molecular complexity index is 789. The smallest absolute Gasteiger partial charge is 0.312 e. The predicted octanol–water partition coefficient (Wildman–Crippen LogP) is 1.88. The van der Waals surface area contributed by atoms with Crippen molar-refractivity contribution in [1.82, 2.24) is 15.3 Å². The molecule has 1 aliphatic carbocycles. The highest BCUT2D eigenvalue weighted by atomic mass is 16.2. The van der Waals surface area contributed by atoms with Gasteiger partial charge in [0.25, 0.3) is 0 Å². The van der Waals surface area contributed by atoms with Crippen LogP contribution in [0.5, 0.6) is 0 Å². The van der Waals surface area contributed by atoms with E-state index in [1.807, 2.05) is 0 Å². The monoisotopic (exact) mass is 311 g/mol. The topological polar surface area (TPSA) is 84.1 Å². The minimum Gasteiger partial charge on any atom is -0.355 e. The number of hydrogen-bond acceptors (Lipinski definition) is 4. The Balaban J connectivity index is 1.52. The molecular formula is C17H21N5O. The zero-order valence-electron chi connectivity index (χ0n) is 13.5. The van der Waals surface area contributed by atoms with E-state index in [4.69, 9.17) is 5.73 Å². The Labute approximate surface area is 135 Å². The lowest BCUT2D eigenvalue weighted by Gasteiger charge is -2.59. The molecule has 2 aliphatic rings. The van der Waals surface area contributed by atoms with Gasteiger partial charge in [-0.1, -0.05) is 0 Å². The van der Waals surface area contributed by atoms with Gasteiger partial charge in [0.05, 0.1) is 5.52 Å². The van der Waals surface area contributed by atoms with E-state index in [1.54, 1.807) is 6.33 Å². The lowest BCUT2D eigenvalue weighted by atomic mass is 9.60. The molecule has 2 heterocycles. The van der Waals surface area contributed by atoms with Gasteiger partial charge >= 0.3 is 6.03 Å². The van der Waals surface area contributed by atoms with Crippen molar-refractivity contribution in [3.05, 3.63) is 29.6 Å². The molecule has 1 aromatic heterocycles. The summed E-state index contributed by atoms with van der Waals surface area (Å²) < 4.78 is 0. The summed E-state index contributed by atoms with van der Waals surface area (Å²) in [6.07, 6.45) is 3.66. The van der Waals surface area contributed by atoms with E-state index in [9.17, 15) is 4.79 Å². The fourth-order valence-electron chi connectivity index (χ4n) is 4.01. The number of benzene rings is 1. The Morgan fingerprint density at radius 1 is 1.26 bits per heavy atom. The lowest BCUT2D eigenvalue weighted by Crippen LogP contribution is -2.67. The highest BCUT2D eigenvalue weighted by molar-refractivity contribution is 5.90. The molecule has 1 spiro atoms. The molecule has 2 amide bonds. The van der Waals surface area contributed by atoms with Crippen LogP contribution in [-0.4, -0.2) is 35.1 Å². The van der Waals surface area contributed by atoms with E-state index in [2.05, 4.69) is 46.2 Å². The molecule has 0 bridgehead atoms. The summed E-state index contributed by atoms with van der Waals surface area (Å²) >= 11 is 0. The van der Waals surface area contributed by atoms with Crippen LogP contribution in [0.4, 0.5) is 10.6 Å². The van der Waals surface area contributed by atoms with Crippen LogP contribution in [0.2, 0.25) is 0 Å². The average Bonchev–Trinajstić information content (AvgIpc) is 2.41. The van der Waals surface area contributed by atoms with Gasteiger partial charge in [-0.15, -0.1) is 0 Å². The Morgan fingerprint density at radius 2 is 1.96 bits per heavy atom. The van der Waals surface area contributed by atoms with Crippen LogP contribution in [0.25, 0.3) is 10.9 Å². The summed E-state index contributed by atoms with van der Waals surface area (Å²) in [6, 6.07) is 4.13. The molecule has 0 unspecified atom stereocenters. The first-order valence-corrected chi connectivity index (χ1v) is 7.99. The molecule has 23 heavy (non-hydrogen) atoms. The molecule has 120 valence electrons.